The minimum Gasteiger partial charge on any atom is -0.342 e. The number of anilines is 1. The van der Waals surface area contributed by atoms with Crippen molar-refractivity contribution in [1.82, 2.24) is 9.55 Å². The van der Waals surface area contributed by atoms with Gasteiger partial charge in [0.15, 0.2) is 9.84 Å². The molecule has 38 heavy (non-hydrogen) atoms. The highest BCUT2D eigenvalue weighted by atomic mass is 32.2. The average Bonchev–Trinajstić information content (AvgIpc) is 3.24. The molecule has 10 heteroatoms. The monoisotopic (exact) mass is 535 g/mol. The second kappa shape index (κ2) is 10.1. The van der Waals surface area contributed by atoms with Crippen molar-refractivity contribution in [2.75, 3.05) is 11.1 Å². The molecular weight excluding hydrogens is 515 g/mol. The van der Waals surface area contributed by atoms with Crippen molar-refractivity contribution < 1.29 is 26.4 Å². The molecule has 192 valence electrons. The van der Waals surface area contributed by atoms with Gasteiger partial charge in [-0.25, -0.2) is 26.6 Å². The smallest absolute Gasteiger partial charge is 0.241 e. The van der Waals surface area contributed by atoms with Crippen LogP contribution >= 0.6 is 0 Å². The Labute approximate surface area is 216 Å². The first-order valence-corrected chi connectivity index (χ1v) is 13.1. The highest BCUT2D eigenvalue weighted by Crippen LogP contribution is 2.31. The van der Waals surface area contributed by atoms with Gasteiger partial charge in [0.1, 0.15) is 29.0 Å². The van der Waals surface area contributed by atoms with E-state index in [1.165, 1.54) is 29.1 Å². The number of benzene rings is 3. The number of amides is 1. The Kier molecular flexibility index (Phi) is 6.73. The fourth-order valence-electron chi connectivity index (χ4n) is 4.27. The van der Waals surface area contributed by atoms with Gasteiger partial charge in [-0.2, -0.15) is 0 Å². The number of aromatic nitrogens is 2. The summed E-state index contributed by atoms with van der Waals surface area (Å²) in [7, 11) is -4.34. The van der Waals surface area contributed by atoms with E-state index in [1.54, 1.807) is 54.6 Å². The lowest BCUT2D eigenvalue weighted by atomic mass is 10.0. The summed E-state index contributed by atoms with van der Waals surface area (Å²) in [5, 5.41) is 2.07. The van der Waals surface area contributed by atoms with E-state index in [0.29, 0.717) is 22.8 Å². The van der Waals surface area contributed by atoms with Crippen LogP contribution in [-0.2, 0) is 21.2 Å². The molecule has 0 aliphatic heterocycles. The number of hydrogen-bond donors (Lipinski definition) is 1. The van der Waals surface area contributed by atoms with Crippen LogP contribution in [0.15, 0.2) is 96.2 Å². The van der Waals surface area contributed by atoms with Crippen molar-refractivity contribution >= 4 is 32.5 Å². The van der Waals surface area contributed by atoms with Crippen molar-refractivity contribution in [3.8, 4) is 11.1 Å². The van der Waals surface area contributed by atoms with E-state index in [-0.39, 0.29) is 23.3 Å². The normalized spacial score (nSPS) is 11.6. The van der Waals surface area contributed by atoms with Crippen LogP contribution in [0.5, 0.6) is 0 Å². The number of sulfone groups is 1. The van der Waals surface area contributed by atoms with E-state index in [4.69, 9.17) is 0 Å². The van der Waals surface area contributed by atoms with Crippen molar-refractivity contribution in [2.24, 2.45) is 0 Å². The third-order valence-electron chi connectivity index (χ3n) is 5.92. The minimum atomic E-state index is -4.34. The van der Waals surface area contributed by atoms with Gasteiger partial charge in [-0.1, -0.05) is 42.5 Å². The van der Waals surface area contributed by atoms with Gasteiger partial charge in [0.2, 0.25) is 5.91 Å². The molecule has 1 amide bonds. The van der Waals surface area contributed by atoms with E-state index >= 15 is 0 Å². The first-order valence-electron chi connectivity index (χ1n) is 11.5. The quantitative estimate of drug-likeness (QED) is 0.295. The van der Waals surface area contributed by atoms with Gasteiger partial charge in [0, 0.05) is 30.6 Å². The number of rotatable bonds is 7. The Morgan fingerprint density at radius 1 is 0.895 bits per heavy atom. The molecule has 5 aromatic rings. The van der Waals surface area contributed by atoms with E-state index in [9.17, 15) is 26.4 Å². The summed E-state index contributed by atoms with van der Waals surface area (Å²) >= 11 is 0. The van der Waals surface area contributed by atoms with Crippen LogP contribution in [0.25, 0.3) is 22.0 Å². The number of hydrogen-bond acceptors (Lipinski definition) is 4. The van der Waals surface area contributed by atoms with Gasteiger partial charge in [-0.05, 0) is 41.5 Å². The van der Waals surface area contributed by atoms with Crippen molar-refractivity contribution in [1.29, 1.82) is 0 Å². The third-order valence-corrected chi connectivity index (χ3v) is 7.54. The van der Waals surface area contributed by atoms with E-state index < -0.39 is 43.8 Å². The SMILES string of the molecule is O=C(CS(=O)(=O)c1cn(Cc2cccc(-c3ccccc3F)c2)c2cc(F)cc(F)c12)Nc1ccccn1. The lowest BCUT2D eigenvalue weighted by molar-refractivity contribution is -0.113. The number of nitrogens with zero attached hydrogens (tertiary/aromatic N) is 2. The Hall–Kier alpha value is -4.44. The lowest BCUT2D eigenvalue weighted by Crippen LogP contribution is -2.23. The van der Waals surface area contributed by atoms with Crippen LogP contribution in [0.1, 0.15) is 5.56 Å². The van der Waals surface area contributed by atoms with Gasteiger partial charge >= 0.3 is 0 Å². The predicted molar refractivity (Wildman–Crippen MR) is 138 cm³/mol. The number of fused-ring (bicyclic) bond motifs is 1. The van der Waals surface area contributed by atoms with Crippen LogP contribution in [0.2, 0.25) is 0 Å². The summed E-state index contributed by atoms with van der Waals surface area (Å²) in [6.45, 7) is 0.0390. The molecule has 0 aliphatic carbocycles. The molecule has 0 aliphatic rings. The topological polar surface area (TPSA) is 81.1 Å². The Balaban J connectivity index is 1.52. The molecule has 3 aromatic carbocycles. The molecule has 2 aromatic heterocycles. The molecule has 0 fully saturated rings. The molecule has 6 nitrogen and oxygen atoms in total. The molecule has 0 bridgehead atoms. The highest BCUT2D eigenvalue weighted by molar-refractivity contribution is 7.92. The Bertz CT molecular complexity index is 1770. The van der Waals surface area contributed by atoms with Crippen molar-refractivity contribution in [2.45, 2.75) is 11.4 Å². The lowest BCUT2D eigenvalue weighted by Gasteiger charge is -2.09. The van der Waals surface area contributed by atoms with Crippen LogP contribution in [0.3, 0.4) is 0 Å². The standard InChI is InChI=1S/C28H20F3N3O3S/c29-20-13-23(31)28-24(14-20)34(15-18-6-5-7-19(12-18)21-8-1-2-9-22(21)30)16-25(28)38(36,37)17-27(35)33-26-10-3-4-11-32-26/h1-14,16H,15,17H2,(H,32,33,35). The number of pyridine rings is 1. The molecule has 0 saturated carbocycles. The summed E-state index contributed by atoms with van der Waals surface area (Å²) in [5.41, 5.74) is 1.62. The highest BCUT2D eigenvalue weighted by Gasteiger charge is 2.27. The van der Waals surface area contributed by atoms with Crippen LogP contribution in [0.4, 0.5) is 19.0 Å². The second-order valence-electron chi connectivity index (χ2n) is 8.61. The molecular formula is C28H20F3N3O3S. The van der Waals surface area contributed by atoms with Gasteiger partial charge in [-0.15, -0.1) is 0 Å². The first-order chi connectivity index (χ1) is 18.2. The average molecular weight is 536 g/mol. The van der Waals surface area contributed by atoms with Gasteiger partial charge in [0.25, 0.3) is 0 Å². The summed E-state index contributed by atoms with van der Waals surface area (Å²) in [5.74, 6) is -4.02. The molecule has 0 saturated heterocycles. The minimum absolute atomic E-state index is 0.00232. The molecule has 0 atom stereocenters. The number of carbonyl (C=O) groups excluding carboxylic acids is 1. The number of nitrogens with one attached hydrogen (secondary N) is 1. The van der Waals surface area contributed by atoms with Crippen LogP contribution in [0, 0.1) is 17.5 Å². The molecule has 0 radical (unpaired) electrons. The zero-order valence-corrected chi connectivity index (χ0v) is 20.6. The van der Waals surface area contributed by atoms with Crippen molar-refractivity contribution in [3.63, 3.8) is 0 Å². The largest absolute Gasteiger partial charge is 0.342 e. The fraction of sp³-hybridized carbons (Fsp3) is 0.0714. The summed E-state index contributed by atoms with van der Waals surface area (Å²) in [6, 6.07) is 19.5. The maximum atomic E-state index is 14.9. The molecule has 0 unspecified atom stereocenters. The summed E-state index contributed by atoms with van der Waals surface area (Å²) in [6.07, 6.45) is 2.62. The fourth-order valence-corrected chi connectivity index (χ4v) is 5.64. The summed E-state index contributed by atoms with van der Waals surface area (Å²) in [4.78, 5) is 15.9. The molecule has 0 spiro atoms. The van der Waals surface area contributed by atoms with E-state index in [0.717, 1.165) is 6.07 Å². The molecule has 5 rings (SSSR count). The Morgan fingerprint density at radius 3 is 2.45 bits per heavy atom. The van der Waals surface area contributed by atoms with Gasteiger partial charge in [0.05, 0.1) is 15.8 Å². The molecule has 2 heterocycles. The van der Waals surface area contributed by atoms with E-state index in [2.05, 4.69) is 10.3 Å². The predicted octanol–water partition coefficient (Wildman–Crippen LogP) is 5.58. The van der Waals surface area contributed by atoms with Crippen LogP contribution in [-0.4, -0.2) is 29.6 Å². The van der Waals surface area contributed by atoms with Crippen molar-refractivity contribution in [3.05, 3.63) is 114 Å². The number of carbonyl (C=O) groups is 1. The maximum Gasteiger partial charge on any atom is 0.241 e. The zero-order chi connectivity index (χ0) is 26.9. The van der Waals surface area contributed by atoms with E-state index in [1.807, 2.05) is 0 Å². The first kappa shape index (κ1) is 25.2. The molecule has 1 N–H and O–H groups in total. The Morgan fingerprint density at radius 2 is 1.68 bits per heavy atom. The number of halogens is 3. The zero-order valence-electron chi connectivity index (χ0n) is 19.7. The summed E-state index contributed by atoms with van der Waals surface area (Å²) < 4.78 is 71.3. The maximum absolute atomic E-state index is 14.9. The van der Waals surface area contributed by atoms with Gasteiger partial charge in [-0.3, -0.25) is 4.79 Å². The second-order valence-corrected chi connectivity index (χ2v) is 10.6. The van der Waals surface area contributed by atoms with Gasteiger partial charge < -0.3 is 9.88 Å². The van der Waals surface area contributed by atoms with Crippen LogP contribution < -0.4 is 5.32 Å². The third kappa shape index (κ3) is 5.16.